The van der Waals surface area contributed by atoms with E-state index >= 15 is 0 Å². The predicted molar refractivity (Wildman–Crippen MR) is 89.6 cm³/mol. The number of carbonyl (C=O) groups excluding carboxylic acids is 1. The molecule has 0 bridgehead atoms. The van der Waals surface area contributed by atoms with Crippen LogP contribution in [0.5, 0.6) is 5.88 Å². The fraction of sp³-hybridized carbons (Fsp3) is 0.611. The zero-order valence-corrected chi connectivity index (χ0v) is 14.2. The summed E-state index contributed by atoms with van der Waals surface area (Å²) in [7, 11) is 0. The first-order chi connectivity index (χ1) is 12.1. The molecule has 1 aromatic heterocycles. The van der Waals surface area contributed by atoms with Gasteiger partial charge in [0.2, 0.25) is 5.88 Å². The molecule has 1 saturated heterocycles. The zero-order chi connectivity index (χ0) is 17.7. The number of carbonyl (C=O) groups is 2. The minimum absolute atomic E-state index is 0.0881. The molecular formula is C18H24N2O5. The Bertz CT molecular complexity index is 604. The predicted octanol–water partition coefficient (Wildman–Crippen LogP) is 2.01. The quantitative estimate of drug-likeness (QED) is 0.816. The molecule has 2 heterocycles. The van der Waals surface area contributed by atoms with E-state index in [1.54, 1.807) is 12.1 Å². The van der Waals surface area contributed by atoms with E-state index in [4.69, 9.17) is 9.47 Å². The number of nitrogens with zero attached hydrogens (tertiary/aromatic N) is 1. The van der Waals surface area contributed by atoms with E-state index in [1.165, 1.54) is 19.0 Å². The highest BCUT2D eigenvalue weighted by molar-refractivity contribution is 5.94. The van der Waals surface area contributed by atoms with Gasteiger partial charge in [0.1, 0.15) is 6.10 Å². The summed E-state index contributed by atoms with van der Waals surface area (Å²) in [5, 5.41) is 12.2. The smallest absolute Gasteiger partial charge is 0.311 e. The maximum atomic E-state index is 12.3. The lowest BCUT2D eigenvalue weighted by Crippen LogP contribution is -2.46. The topological polar surface area (TPSA) is 97.8 Å². The van der Waals surface area contributed by atoms with Crippen LogP contribution >= 0.6 is 0 Å². The second-order valence-corrected chi connectivity index (χ2v) is 6.79. The lowest BCUT2D eigenvalue weighted by molar-refractivity contribution is -0.154. The van der Waals surface area contributed by atoms with Crippen molar-refractivity contribution in [2.75, 3.05) is 19.8 Å². The van der Waals surface area contributed by atoms with Crippen LogP contribution in [0, 0.1) is 5.41 Å². The van der Waals surface area contributed by atoms with Crippen molar-refractivity contribution in [3.05, 3.63) is 23.9 Å². The van der Waals surface area contributed by atoms with Crippen molar-refractivity contribution in [2.45, 2.75) is 44.6 Å². The number of carboxylic acid groups (broad SMARTS) is 1. The summed E-state index contributed by atoms with van der Waals surface area (Å²) >= 11 is 0. The van der Waals surface area contributed by atoms with Crippen molar-refractivity contribution in [1.82, 2.24) is 10.3 Å². The second kappa shape index (κ2) is 7.82. The lowest BCUT2D eigenvalue weighted by Gasteiger charge is -2.33. The number of amides is 1. The molecule has 0 aromatic carbocycles. The highest BCUT2D eigenvalue weighted by Gasteiger charge is 2.40. The first-order valence-corrected chi connectivity index (χ1v) is 8.81. The Balaban J connectivity index is 1.56. The average molecular weight is 348 g/mol. The number of ether oxygens (including phenoxy) is 2. The van der Waals surface area contributed by atoms with Crippen molar-refractivity contribution in [3.8, 4) is 5.88 Å². The molecule has 7 heteroatoms. The number of carboxylic acids is 1. The summed E-state index contributed by atoms with van der Waals surface area (Å²) in [5.74, 6) is -0.698. The van der Waals surface area contributed by atoms with Gasteiger partial charge in [-0.25, -0.2) is 4.98 Å². The molecule has 136 valence electrons. The molecule has 1 amide bonds. The van der Waals surface area contributed by atoms with Gasteiger partial charge in [0.25, 0.3) is 5.91 Å². The van der Waals surface area contributed by atoms with E-state index in [2.05, 4.69) is 10.3 Å². The summed E-state index contributed by atoms with van der Waals surface area (Å²) in [6.45, 7) is 0.888. The summed E-state index contributed by atoms with van der Waals surface area (Å²) in [6, 6.07) is 3.35. The molecule has 7 nitrogen and oxygen atoms in total. The van der Waals surface area contributed by atoms with Crippen LogP contribution in [-0.2, 0) is 9.53 Å². The van der Waals surface area contributed by atoms with Gasteiger partial charge in [-0.2, -0.15) is 0 Å². The third-order valence-electron chi connectivity index (χ3n) is 5.08. The Labute approximate surface area is 146 Å². The van der Waals surface area contributed by atoms with Crippen LogP contribution in [0.3, 0.4) is 0 Å². The zero-order valence-electron chi connectivity index (χ0n) is 14.2. The Hall–Kier alpha value is -2.15. The molecule has 0 atom stereocenters. The van der Waals surface area contributed by atoms with Crippen LogP contribution in [-0.4, -0.2) is 47.8 Å². The van der Waals surface area contributed by atoms with Crippen LogP contribution in [0.4, 0.5) is 0 Å². The van der Waals surface area contributed by atoms with Gasteiger partial charge in [0.05, 0.1) is 11.0 Å². The van der Waals surface area contributed by atoms with E-state index in [0.717, 1.165) is 12.8 Å². The van der Waals surface area contributed by atoms with Crippen LogP contribution < -0.4 is 10.1 Å². The van der Waals surface area contributed by atoms with Crippen molar-refractivity contribution >= 4 is 11.9 Å². The molecule has 25 heavy (non-hydrogen) atoms. The Morgan fingerprint density at radius 1 is 1.28 bits per heavy atom. The molecule has 2 aliphatic rings. The third-order valence-corrected chi connectivity index (χ3v) is 5.08. The number of rotatable bonds is 6. The van der Waals surface area contributed by atoms with Gasteiger partial charge in [-0.05, 0) is 44.6 Å². The van der Waals surface area contributed by atoms with Crippen LogP contribution in [0.2, 0.25) is 0 Å². The van der Waals surface area contributed by atoms with E-state index in [1.807, 2.05) is 0 Å². The number of aromatic nitrogens is 1. The highest BCUT2D eigenvalue weighted by atomic mass is 16.5. The highest BCUT2D eigenvalue weighted by Crippen LogP contribution is 2.30. The monoisotopic (exact) mass is 348 g/mol. The van der Waals surface area contributed by atoms with Crippen molar-refractivity contribution in [1.29, 1.82) is 0 Å². The van der Waals surface area contributed by atoms with Gasteiger partial charge in [-0.15, -0.1) is 0 Å². The Kier molecular flexibility index (Phi) is 5.53. The van der Waals surface area contributed by atoms with Crippen molar-refractivity contribution in [2.24, 2.45) is 5.41 Å². The molecule has 1 aliphatic carbocycles. The standard InChI is InChI=1S/C18H24N2O5/c21-16(20-12-18(17(22)23)7-9-24-10-8-18)13-5-6-15(19-11-13)25-14-3-1-2-4-14/h5-6,11,14H,1-4,7-10,12H2,(H,20,21)(H,22,23). The molecule has 0 unspecified atom stereocenters. The summed E-state index contributed by atoms with van der Waals surface area (Å²) in [4.78, 5) is 28.1. The normalized spacial score (nSPS) is 20.2. The van der Waals surface area contributed by atoms with E-state index in [0.29, 0.717) is 37.5 Å². The minimum Gasteiger partial charge on any atom is -0.481 e. The SMILES string of the molecule is O=C(NCC1(C(=O)O)CCOCC1)c1ccc(OC2CCCC2)nc1. The summed E-state index contributed by atoms with van der Waals surface area (Å²) in [6.07, 6.45) is 6.94. The van der Waals surface area contributed by atoms with E-state index in [-0.39, 0.29) is 18.6 Å². The first-order valence-electron chi connectivity index (χ1n) is 8.81. The van der Waals surface area contributed by atoms with Crippen molar-refractivity contribution < 1.29 is 24.2 Å². The number of hydrogen-bond acceptors (Lipinski definition) is 5. The largest absolute Gasteiger partial charge is 0.481 e. The molecule has 3 rings (SSSR count). The second-order valence-electron chi connectivity index (χ2n) is 6.79. The third kappa shape index (κ3) is 4.28. The van der Waals surface area contributed by atoms with Crippen LogP contribution in [0.25, 0.3) is 0 Å². The van der Waals surface area contributed by atoms with E-state index in [9.17, 15) is 14.7 Å². The number of nitrogens with one attached hydrogen (secondary N) is 1. The number of pyridine rings is 1. The molecule has 2 N–H and O–H groups in total. The molecule has 1 aliphatic heterocycles. The summed E-state index contributed by atoms with van der Waals surface area (Å²) in [5.41, 5.74) is -0.557. The number of hydrogen-bond donors (Lipinski definition) is 2. The molecule has 0 radical (unpaired) electrons. The first kappa shape index (κ1) is 17.7. The molecule has 1 aromatic rings. The van der Waals surface area contributed by atoms with E-state index < -0.39 is 11.4 Å². The molecule has 2 fully saturated rings. The lowest BCUT2D eigenvalue weighted by atomic mass is 9.80. The molecule has 1 saturated carbocycles. The average Bonchev–Trinajstić information content (AvgIpc) is 3.14. The van der Waals surface area contributed by atoms with Crippen molar-refractivity contribution in [3.63, 3.8) is 0 Å². The Morgan fingerprint density at radius 3 is 2.60 bits per heavy atom. The molecular weight excluding hydrogens is 324 g/mol. The fourth-order valence-corrected chi connectivity index (χ4v) is 3.34. The van der Waals surface area contributed by atoms with Gasteiger partial charge in [-0.1, -0.05) is 0 Å². The Morgan fingerprint density at radius 2 is 2.00 bits per heavy atom. The maximum absolute atomic E-state index is 12.3. The van der Waals surface area contributed by atoms with Gasteiger partial charge >= 0.3 is 5.97 Å². The van der Waals surface area contributed by atoms with Gasteiger partial charge in [-0.3, -0.25) is 9.59 Å². The molecule has 0 spiro atoms. The van der Waals surface area contributed by atoms with Gasteiger partial charge < -0.3 is 19.9 Å². The number of aliphatic carboxylic acids is 1. The minimum atomic E-state index is -0.952. The van der Waals surface area contributed by atoms with Gasteiger partial charge in [0.15, 0.2) is 0 Å². The fourth-order valence-electron chi connectivity index (χ4n) is 3.34. The summed E-state index contributed by atoms with van der Waals surface area (Å²) < 4.78 is 11.0. The van der Waals surface area contributed by atoms with Gasteiger partial charge in [0, 0.05) is 32.0 Å². The maximum Gasteiger partial charge on any atom is 0.311 e. The van der Waals surface area contributed by atoms with Crippen LogP contribution in [0.15, 0.2) is 18.3 Å². The van der Waals surface area contributed by atoms with Crippen LogP contribution in [0.1, 0.15) is 48.9 Å².